The molecule has 2 aromatic carbocycles. The quantitative estimate of drug-likeness (QED) is 0.749. The van der Waals surface area contributed by atoms with Crippen LogP contribution in [0.2, 0.25) is 0 Å². The maximum Gasteiger partial charge on any atom is 0.273 e. The second-order valence-electron chi connectivity index (χ2n) is 6.36. The Morgan fingerprint density at radius 1 is 1.23 bits per heavy atom. The zero-order valence-corrected chi connectivity index (χ0v) is 14.2. The average molecular weight is 351 g/mol. The number of fused-ring (bicyclic) bond motifs is 1. The third-order valence-corrected chi connectivity index (χ3v) is 4.63. The number of carbonyl (C=O) groups is 1. The molecule has 0 saturated heterocycles. The Labute approximate surface area is 150 Å². The molecule has 0 saturated carbocycles. The van der Waals surface area contributed by atoms with Crippen molar-refractivity contribution in [3.05, 3.63) is 71.2 Å². The van der Waals surface area contributed by atoms with Crippen LogP contribution in [0.1, 0.15) is 41.0 Å². The van der Waals surface area contributed by atoms with E-state index in [9.17, 15) is 14.3 Å². The summed E-state index contributed by atoms with van der Waals surface area (Å²) in [6, 6.07) is 12.6. The molecule has 0 fully saturated rings. The summed E-state index contributed by atoms with van der Waals surface area (Å²) in [5.41, 5.74) is 3.39. The molecule has 1 aliphatic heterocycles. The van der Waals surface area contributed by atoms with E-state index in [2.05, 4.69) is 10.2 Å². The molecule has 1 amide bonds. The van der Waals surface area contributed by atoms with Gasteiger partial charge in [0.1, 0.15) is 17.3 Å². The van der Waals surface area contributed by atoms with Crippen molar-refractivity contribution in [1.82, 2.24) is 15.1 Å². The summed E-state index contributed by atoms with van der Waals surface area (Å²) in [5.74, 6) is -0.295. The van der Waals surface area contributed by atoms with Crippen LogP contribution < -0.4 is 0 Å². The Balaban J connectivity index is 1.89. The van der Waals surface area contributed by atoms with Gasteiger partial charge >= 0.3 is 0 Å². The summed E-state index contributed by atoms with van der Waals surface area (Å²) in [7, 11) is 0. The Hall–Kier alpha value is -3.15. The molecule has 1 atom stereocenters. The summed E-state index contributed by atoms with van der Waals surface area (Å²) in [5, 5.41) is 17.1. The van der Waals surface area contributed by atoms with Crippen molar-refractivity contribution < 1.29 is 14.3 Å². The van der Waals surface area contributed by atoms with Crippen LogP contribution in [0, 0.1) is 5.82 Å². The van der Waals surface area contributed by atoms with Gasteiger partial charge in [0, 0.05) is 17.7 Å². The number of phenols is 1. The summed E-state index contributed by atoms with van der Waals surface area (Å²) in [4.78, 5) is 14.7. The van der Waals surface area contributed by atoms with Gasteiger partial charge in [0.25, 0.3) is 5.91 Å². The molecule has 0 bridgehead atoms. The predicted molar refractivity (Wildman–Crippen MR) is 95.3 cm³/mol. The van der Waals surface area contributed by atoms with Gasteiger partial charge in [-0.3, -0.25) is 9.89 Å². The fraction of sp³-hybridized carbons (Fsp3) is 0.200. The highest BCUT2D eigenvalue weighted by Crippen LogP contribution is 2.43. The zero-order valence-electron chi connectivity index (χ0n) is 14.2. The number of H-pyrrole nitrogens is 1. The van der Waals surface area contributed by atoms with E-state index in [4.69, 9.17) is 0 Å². The van der Waals surface area contributed by atoms with Crippen LogP contribution in [0.15, 0.2) is 48.5 Å². The molecule has 0 aliphatic carbocycles. The number of phenolic OH excluding ortho intramolecular Hbond substituents is 1. The number of nitrogens with one attached hydrogen (secondary N) is 1. The Kier molecular flexibility index (Phi) is 3.95. The molecular weight excluding hydrogens is 333 g/mol. The fourth-order valence-corrected chi connectivity index (χ4v) is 3.54. The molecule has 6 heteroatoms. The number of amides is 1. The molecule has 0 spiro atoms. The first-order valence-corrected chi connectivity index (χ1v) is 8.54. The maximum absolute atomic E-state index is 13.3. The van der Waals surface area contributed by atoms with E-state index < -0.39 is 0 Å². The third-order valence-electron chi connectivity index (χ3n) is 4.63. The van der Waals surface area contributed by atoms with E-state index in [-0.39, 0.29) is 23.5 Å². The molecule has 4 rings (SSSR count). The van der Waals surface area contributed by atoms with Crippen molar-refractivity contribution in [2.75, 3.05) is 6.54 Å². The molecular formula is C20H18FN3O2. The SMILES string of the molecule is CCCN1C(=O)c2[nH]nc(-c3ccc(F)cc3)c2C1c1cccc(O)c1. The number of nitrogens with zero attached hydrogens (tertiary/aromatic N) is 2. The largest absolute Gasteiger partial charge is 0.508 e. The first-order valence-electron chi connectivity index (χ1n) is 8.54. The second-order valence-corrected chi connectivity index (χ2v) is 6.36. The van der Waals surface area contributed by atoms with E-state index in [0.29, 0.717) is 17.9 Å². The van der Waals surface area contributed by atoms with Gasteiger partial charge in [-0.2, -0.15) is 5.10 Å². The molecule has 1 aromatic heterocycles. The highest BCUT2D eigenvalue weighted by Gasteiger charge is 2.41. The van der Waals surface area contributed by atoms with Crippen LogP contribution >= 0.6 is 0 Å². The van der Waals surface area contributed by atoms with E-state index in [1.807, 2.05) is 13.0 Å². The fourth-order valence-electron chi connectivity index (χ4n) is 3.54. The number of benzene rings is 2. The topological polar surface area (TPSA) is 69.2 Å². The molecule has 1 aliphatic rings. The lowest BCUT2D eigenvalue weighted by molar-refractivity contribution is 0.0743. The molecule has 5 nitrogen and oxygen atoms in total. The van der Waals surface area contributed by atoms with Crippen molar-refractivity contribution in [1.29, 1.82) is 0 Å². The first kappa shape index (κ1) is 16.3. The molecule has 3 aromatic rings. The standard InChI is InChI=1S/C20H18FN3O2/c1-2-10-24-19(13-4-3-5-15(25)11-13)16-17(22-23-18(16)20(24)26)12-6-8-14(21)9-7-12/h3-9,11,19,25H,2,10H2,1H3,(H,22,23). The normalized spacial score (nSPS) is 16.2. The van der Waals surface area contributed by atoms with Gasteiger partial charge < -0.3 is 10.0 Å². The second kappa shape index (κ2) is 6.29. The Morgan fingerprint density at radius 3 is 2.69 bits per heavy atom. The van der Waals surface area contributed by atoms with Gasteiger partial charge in [-0.1, -0.05) is 19.1 Å². The molecule has 0 radical (unpaired) electrons. The summed E-state index contributed by atoms with van der Waals surface area (Å²) in [6.07, 6.45) is 0.810. The van der Waals surface area contributed by atoms with Crippen LogP contribution in [0.3, 0.4) is 0 Å². The monoisotopic (exact) mass is 351 g/mol. The van der Waals surface area contributed by atoms with Gasteiger partial charge in [-0.15, -0.1) is 0 Å². The van der Waals surface area contributed by atoms with Crippen molar-refractivity contribution in [2.24, 2.45) is 0 Å². The number of carbonyl (C=O) groups excluding carboxylic acids is 1. The van der Waals surface area contributed by atoms with Gasteiger partial charge in [-0.25, -0.2) is 4.39 Å². The van der Waals surface area contributed by atoms with Crippen LogP contribution in [-0.4, -0.2) is 32.7 Å². The van der Waals surface area contributed by atoms with Gasteiger partial charge in [-0.05, 0) is 48.4 Å². The third kappa shape index (κ3) is 2.54. The number of halogens is 1. The lowest BCUT2D eigenvalue weighted by Crippen LogP contribution is -2.30. The van der Waals surface area contributed by atoms with Crippen molar-refractivity contribution in [3.63, 3.8) is 0 Å². The van der Waals surface area contributed by atoms with Gasteiger partial charge in [0.2, 0.25) is 0 Å². The summed E-state index contributed by atoms with van der Waals surface area (Å²) in [6.45, 7) is 2.60. The number of aromatic nitrogens is 2. The molecule has 2 heterocycles. The molecule has 132 valence electrons. The number of aromatic amines is 1. The molecule has 26 heavy (non-hydrogen) atoms. The number of rotatable bonds is 4. The van der Waals surface area contributed by atoms with E-state index in [1.54, 1.807) is 35.2 Å². The smallest absolute Gasteiger partial charge is 0.273 e. The Bertz CT molecular complexity index is 965. The minimum Gasteiger partial charge on any atom is -0.508 e. The number of hydrogen-bond donors (Lipinski definition) is 2. The van der Waals surface area contributed by atoms with E-state index in [0.717, 1.165) is 23.1 Å². The van der Waals surface area contributed by atoms with E-state index in [1.165, 1.54) is 12.1 Å². The van der Waals surface area contributed by atoms with Crippen LogP contribution in [-0.2, 0) is 0 Å². The lowest BCUT2D eigenvalue weighted by Gasteiger charge is -2.26. The van der Waals surface area contributed by atoms with Gasteiger partial charge in [0.15, 0.2) is 0 Å². The summed E-state index contributed by atoms with van der Waals surface area (Å²) < 4.78 is 13.3. The zero-order chi connectivity index (χ0) is 18.3. The van der Waals surface area contributed by atoms with Crippen molar-refractivity contribution in [2.45, 2.75) is 19.4 Å². The van der Waals surface area contributed by atoms with E-state index >= 15 is 0 Å². The number of hydrogen-bond acceptors (Lipinski definition) is 3. The van der Waals surface area contributed by atoms with Crippen LogP contribution in [0.25, 0.3) is 11.3 Å². The predicted octanol–water partition coefficient (Wildman–Crippen LogP) is 3.88. The number of aromatic hydroxyl groups is 1. The lowest BCUT2D eigenvalue weighted by atomic mass is 9.96. The van der Waals surface area contributed by atoms with Crippen molar-refractivity contribution in [3.8, 4) is 17.0 Å². The van der Waals surface area contributed by atoms with Gasteiger partial charge in [0.05, 0.1) is 11.7 Å². The van der Waals surface area contributed by atoms with Crippen LogP contribution in [0.4, 0.5) is 4.39 Å². The summed E-state index contributed by atoms with van der Waals surface area (Å²) >= 11 is 0. The average Bonchev–Trinajstić information content (AvgIpc) is 3.16. The minimum atomic E-state index is -0.344. The van der Waals surface area contributed by atoms with Crippen molar-refractivity contribution >= 4 is 5.91 Å². The maximum atomic E-state index is 13.3. The van der Waals surface area contributed by atoms with Crippen LogP contribution in [0.5, 0.6) is 5.75 Å². The highest BCUT2D eigenvalue weighted by molar-refractivity contribution is 6.00. The molecule has 2 N–H and O–H groups in total. The highest BCUT2D eigenvalue weighted by atomic mass is 19.1. The minimum absolute atomic E-state index is 0.115. The molecule has 1 unspecified atom stereocenters. The Morgan fingerprint density at radius 2 is 2.00 bits per heavy atom. The first-order chi connectivity index (χ1) is 12.6.